The Bertz CT molecular complexity index is 397. The fraction of sp³-hybridized carbons (Fsp3) is 0.667. The number of hydrogen-bond acceptors (Lipinski definition) is 6. The monoisotopic (exact) mass is 253 g/mol. The normalized spacial score (nSPS) is 17.9. The summed E-state index contributed by atoms with van der Waals surface area (Å²) in [6.07, 6.45) is 0. The fourth-order valence-corrected chi connectivity index (χ4v) is 2.07. The molecule has 0 saturated carbocycles. The second kappa shape index (κ2) is 5.97. The van der Waals surface area contributed by atoms with E-state index in [1.165, 1.54) is 7.11 Å². The van der Waals surface area contributed by atoms with E-state index in [-0.39, 0.29) is 5.97 Å². The maximum atomic E-state index is 11.2. The molecule has 1 fully saturated rings. The van der Waals surface area contributed by atoms with Crippen molar-refractivity contribution in [1.82, 2.24) is 15.0 Å². The molecule has 0 radical (unpaired) electrons. The summed E-state index contributed by atoms with van der Waals surface area (Å²) in [6, 6.07) is 1.96. The quantitative estimate of drug-likeness (QED) is 0.718. The van der Waals surface area contributed by atoms with Gasteiger partial charge in [-0.3, -0.25) is 14.6 Å². The first-order valence-corrected chi connectivity index (χ1v) is 6.11. The first-order chi connectivity index (χ1) is 8.67. The maximum Gasteiger partial charge on any atom is 0.319 e. The predicted molar refractivity (Wildman–Crippen MR) is 65.0 cm³/mol. The van der Waals surface area contributed by atoms with E-state index in [9.17, 15) is 4.79 Å². The molecule has 1 aliphatic rings. The Balaban J connectivity index is 1.75. The van der Waals surface area contributed by atoms with Crippen LogP contribution in [0.2, 0.25) is 0 Å². The molecule has 0 N–H and O–H groups in total. The third-order valence-electron chi connectivity index (χ3n) is 3.11. The van der Waals surface area contributed by atoms with Crippen LogP contribution in [0.5, 0.6) is 0 Å². The van der Waals surface area contributed by atoms with Crippen molar-refractivity contribution in [2.45, 2.75) is 13.5 Å². The molecule has 0 amide bonds. The van der Waals surface area contributed by atoms with E-state index >= 15 is 0 Å². The first kappa shape index (κ1) is 13.0. The maximum absolute atomic E-state index is 11.2. The van der Waals surface area contributed by atoms with Gasteiger partial charge in [0.1, 0.15) is 5.76 Å². The highest BCUT2D eigenvalue weighted by atomic mass is 16.5. The molecule has 1 aromatic heterocycles. The number of carbonyl (C=O) groups excluding carboxylic acids is 1. The molecule has 100 valence electrons. The van der Waals surface area contributed by atoms with Gasteiger partial charge in [-0.2, -0.15) is 0 Å². The average Bonchev–Trinajstić information content (AvgIpc) is 2.77. The van der Waals surface area contributed by atoms with Gasteiger partial charge in [-0.25, -0.2) is 0 Å². The van der Waals surface area contributed by atoms with E-state index < -0.39 is 0 Å². The molecule has 0 spiro atoms. The Kier molecular flexibility index (Phi) is 4.33. The highest BCUT2D eigenvalue weighted by Crippen LogP contribution is 2.08. The second-order valence-electron chi connectivity index (χ2n) is 4.56. The van der Waals surface area contributed by atoms with Gasteiger partial charge in [-0.1, -0.05) is 5.16 Å². The lowest BCUT2D eigenvalue weighted by molar-refractivity contribution is -0.142. The van der Waals surface area contributed by atoms with Crippen LogP contribution in [-0.2, 0) is 16.1 Å². The molecule has 0 bridgehead atoms. The summed E-state index contributed by atoms with van der Waals surface area (Å²) in [6.45, 7) is 6.71. The van der Waals surface area contributed by atoms with Crippen LogP contribution in [0.25, 0.3) is 0 Å². The van der Waals surface area contributed by atoms with Crippen molar-refractivity contribution in [2.75, 3.05) is 39.8 Å². The number of carbonyl (C=O) groups is 1. The minimum absolute atomic E-state index is 0.171. The van der Waals surface area contributed by atoms with Gasteiger partial charge in [0.05, 0.1) is 19.3 Å². The van der Waals surface area contributed by atoms with Crippen LogP contribution in [0, 0.1) is 6.92 Å². The van der Waals surface area contributed by atoms with Gasteiger partial charge in [-0.05, 0) is 6.92 Å². The second-order valence-corrected chi connectivity index (χ2v) is 4.56. The fourth-order valence-electron chi connectivity index (χ4n) is 2.07. The van der Waals surface area contributed by atoms with E-state index in [2.05, 4.69) is 19.7 Å². The van der Waals surface area contributed by atoms with Crippen molar-refractivity contribution >= 4 is 5.97 Å². The molecule has 1 aliphatic heterocycles. The van der Waals surface area contributed by atoms with Crippen LogP contribution >= 0.6 is 0 Å². The van der Waals surface area contributed by atoms with Gasteiger partial charge in [-0.15, -0.1) is 0 Å². The molecule has 1 saturated heterocycles. The first-order valence-electron chi connectivity index (χ1n) is 6.11. The van der Waals surface area contributed by atoms with Crippen molar-refractivity contribution in [2.24, 2.45) is 0 Å². The van der Waals surface area contributed by atoms with E-state index in [0.29, 0.717) is 6.54 Å². The van der Waals surface area contributed by atoms with Crippen molar-refractivity contribution < 1.29 is 14.1 Å². The van der Waals surface area contributed by atoms with E-state index in [0.717, 1.165) is 44.2 Å². The Morgan fingerprint density at radius 2 is 2.06 bits per heavy atom. The Morgan fingerprint density at radius 3 is 2.61 bits per heavy atom. The molecule has 1 aromatic rings. The summed E-state index contributed by atoms with van der Waals surface area (Å²) in [5.74, 6) is 0.671. The molecule has 0 unspecified atom stereocenters. The number of nitrogens with zero attached hydrogens (tertiary/aromatic N) is 3. The zero-order valence-corrected chi connectivity index (χ0v) is 10.9. The molecule has 0 aliphatic carbocycles. The van der Waals surface area contributed by atoms with Gasteiger partial charge < -0.3 is 9.26 Å². The highest BCUT2D eigenvalue weighted by Gasteiger charge is 2.19. The number of aromatic nitrogens is 1. The minimum atomic E-state index is -0.171. The van der Waals surface area contributed by atoms with E-state index in [1.54, 1.807) is 0 Å². The number of piperazine rings is 1. The molecular formula is C12H19N3O3. The highest BCUT2D eigenvalue weighted by molar-refractivity contribution is 5.71. The molecule has 18 heavy (non-hydrogen) atoms. The van der Waals surface area contributed by atoms with Crippen LogP contribution in [0.1, 0.15) is 11.5 Å². The van der Waals surface area contributed by atoms with Gasteiger partial charge in [0, 0.05) is 38.8 Å². The van der Waals surface area contributed by atoms with E-state index in [4.69, 9.17) is 4.52 Å². The van der Waals surface area contributed by atoms with Crippen molar-refractivity contribution in [3.63, 3.8) is 0 Å². The molecule has 6 nitrogen and oxygen atoms in total. The van der Waals surface area contributed by atoms with Gasteiger partial charge in [0.15, 0.2) is 0 Å². The average molecular weight is 253 g/mol. The largest absolute Gasteiger partial charge is 0.468 e. The molecule has 6 heteroatoms. The van der Waals surface area contributed by atoms with Crippen molar-refractivity contribution in [1.29, 1.82) is 0 Å². The number of methoxy groups -OCH3 is 1. The minimum Gasteiger partial charge on any atom is -0.468 e. The van der Waals surface area contributed by atoms with Crippen LogP contribution in [0.15, 0.2) is 10.6 Å². The third-order valence-corrected chi connectivity index (χ3v) is 3.11. The SMILES string of the molecule is COC(=O)CN1CCN(Cc2cc(C)on2)CC1. The summed E-state index contributed by atoms with van der Waals surface area (Å²) in [4.78, 5) is 15.6. The summed E-state index contributed by atoms with van der Waals surface area (Å²) in [5.41, 5.74) is 0.967. The summed E-state index contributed by atoms with van der Waals surface area (Å²) in [5, 5.41) is 3.99. The molecule has 2 rings (SSSR count). The van der Waals surface area contributed by atoms with Crippen LogP contribution < -0.4 is 0 Å². The molecule has 0 atom stereocenters. The number of esters is 1. The Labute approximate surface area is 106 Å². The van der Waals surface area contributed by atoms with Gasteiger partial charge >= 0.3 is 5.97 Å². The molecule has 0 aromatic carbocycles. The summed E-state index contributed by atoms with van der Waals surface area (Å²) in [7, 11) is 1.42. The van der Waals surface area contributed by atoms with Gasteiger partial charge in [0.25, 0.3) is 0 Å². The molecular weight excluding hydrogens is 234 g/mol. The van der Waals surface area contributed by atoms with Crippen molar-refractivity contribution in [3.05, 3.63) is 17.5 Å². The predicted octanol–water partition coefficient (Wildman–Crippen LogP) is 0.274. The number of rotatable bonds is 4. The summed E-state index contributed by atoms with van der Waals surface area (Å²) >= 11 is 0. The van der Waals surface area contributed by atoms with Crippen molar-refractivity contribution in [3.8, 4) is 0 Å². The smallest absolute Gasteiger partial charge is 0.319 e. The number of ether oxygens (including phenoxy) is 1. The lowest BCUT2D eigenvalue weighted by atomic mass is 10.3. The lowest BCUT2D eigenvalue weighted by Crippen LogP contribution is -2.47. The lowest BCUT2D eigenvalue weighted by Gasteiger charge is -2.33. The van der Waals surface area contributed by atoms with Crippen LogP contribution in [0.3, 0.4) is 0 Å². The van der Waals surface area contributed by atoms with E-state index in [1.807, 2.05) is 13.0 Å². The number of hydrogen-bond donors (Lipinski definition) is 0. The zero-order chi connectivity index (χ0) is 13.0. The third kappa shape index (κ3) is 3.54. The summed E-state index contributed by atoms with van der Waals surface area (Å²) < 4.78 is 9.71. The topological polar surface area (TPSA) is 58.8 Å². The standard InChI is InChI=1S/C12H19N3O3/c1-10-7-11(13-18-10)8-14-3-5-15(6-4-14)9-12(16)17-2/h7H,3-6,8-9H2,1-2H3. The Morgan fingerprint density at radius 1 is 1.39 bits per heavy atom. The van der Waals surface area contributed by atoms with Crippen LogP contribution in [-0.4, -0.2) is 60.8 Å². The zero-order valence-electron chi connectivity index (χ0n) is 10.9. The van der Waals surface area contributed by atoms with Gasteiger partial charge in [0.2, 0.25) is 0 Å². The number of aryl methyl sites for hydroxylation is 1. The Hall–Kier alpha value is -1.40. The molecule has 2 heterocycles. The van der Waals surface area contributed by atoms with Crippen LogP contribution in [0.4, 0.5) is 0 Å².